The minimum atomic E-state index is -3.89. The molecule has 11 nitrogen and oxygen atoms in total. The average molecular weight is 552 g/mol. The van der Waals surface area contributed by atoms with Gasteiger partial charge in [-0.05, 0) is 38.3 Å². The van der Waals surface area contributed by atoms with E-state index in [1.807, 2.05) is 41.5 Å². The molecule has 196 valence electrons. The molecule has 0 unspecified atom stereocenters. The first-order chi connectivity index (χ1) is 15.5. The second kappa shape index (κ2) is 12.4. The molecule has 0 saturated carbocycles. The van der Waals surface area contributed by atoms with Gasteiger partial charge in [0.1, 0.15) is 0 Å². The van der Waals surface area contributed by atoms with Crippen molar-refractivity contribution in [2.45, 2.75) is 56.9 Å². The van der Waals surface area contributed by atoms with Crippen molar-refractivity contribution in [3.05, 3.63) is 68.8 Å². The second-order valence-corrected chi connectivity index (χ2v) is 14.2. The Kier molecular flexibility index (Phi) is 11.5. The van der Waals surface area contributed by atoms with Crippen LogP contribution < -0.4 is 5.73 Å². The van der Waals surface area contributed by atoms with Gasteiger partial charge in [-0.2, -0.15) is 0 Å². The predicted molar refractivity (Wildman–Crippen MR) is 135 cm³/mol. The van der Waals surface area contributed by atoms with Gasteiger partial charge in [0.05, 0.1) is 25.4 Å². The monoisotopic (exact) mass is 551 g/mol. The quantitative estimate of drug-likeness (QED) is 0.313. The molecule has 35 heavy (non-hydrogen) atoms. The lowest BCUT2D eigenvalue weighted by molar-refractivity contribution is -0.385. The molecule has 0 aliphatic carbocycles. The van der Waals surface area contributed by atoms with Crippen molar-refractivity contribution in [1.82, 2.24) is 0 Å². The van der Waals surface area contributed by atoms with Gasteiger partial charge in [-0.1, -0.05) is 32.9 Å². The molecule has 0 amide bonds. The SMILES string of the molecule is CC(C)(C)CS(=O)(=O)c1cccc([N+](=O)[O-])c1.CC(C)(C)N.O=[N+]([O-])c1cccc(S(=O)(=O)Cl)c1. The zero-order valence-electron chi connectivity index (χ0n) is 20.3. The summed E-state index contributed by atoms with van der Waals surface area (Å²) in [6, 6.07) is 9.68. The first kappa shape index (κ1) is 32.4. The molecule has 0 heterocycles. The molecule has 0 atom stereocenters. The van der Waals surface area contributed by atoms with Gasteiger partial charge in [0.2, 0.25) is 0 Å². The Balaban J connectivity index is 0.000000567. The Bertz CT molecular complexity index is 1240. The zero-order valence-corrected chi connectivity index (χ0v) is 22.6. The fourth-order valence-electron chi connectivity index (χ4n) is 2.19. The average Bonchev–Trinajstić information content (AvgIpc) is 2.65. The Morgan fingerprint density at radius 3 is 1.46 bits per heavy atom. The number of non-ortho nitro benzene ring substituents is 2. The number of nitro groups is 2. The molecule has 2 aromatic carbocycles. The summed E-state index contributed by atoms with van der Waals surface area (Å²) in [5.41, 5.74) is 4.46. The van der Waals surface area contributed by atoms with Crippen molar-refractivity contribution >= 4 is 40.9 Å². The summed E-state index contributed by atoms with van der Waals surface area (Å²) in [5.74, 6) is -0.0405. The summed E-state index contributed by atoms with van der Waals surface area (Å²) in [4.78, 5) is 19.3. The Morgan fingerprint density at radius 1 is 0.800 bits per heavy atom. The highest BCUT2D eigenvalue weighted by Crippen LogP contribution is 2.24. The molecule has 2 N–H and O–H groups in total. The number of benzene rings is 2. The standard InChI is InChI=1S/C11H15NO4S.C6H4ClNO4S.C4H11N/c1-11(2,3)8-17(15,16)10-6-4-5-9(7-10)12(13)14;7-13(11,12)6-3-1-2-5(4-6)8(9)10;1-4(2,3)5/h4-7H,8H2,1-3H3;1-4H;5H2,1-3H3. The number of halogens is 1. The summed E-state index contributed by atoms with van der Waals surface area (Å²) in [6.07, 6.45) is 0. The third kappa shape index (κ3) is 14.4. The van der Waals surface area contributed by atoms with Gasteiger partial charge in [0.15, 0.2) is 9.84 Å². The lowest BCUT2D eigenvalue weighted by atomic mass is 10.0. The van der Waals surface area contributed by atoms with Crippen LogP contribution in [0.1, 0.15) is 41.5 Å². The van der Waals surface area contributed by atoms with Crippen LogP contribution in [-0.2, 0) is 18.9 Å². The molecular formula is C21H30ClN3O8S2. The minimum Gasteiger partial charge on any atom is -0.326 e. The van der Waals surface area contributed by atoms with Crippen LogP contribution >= 0.6 is 10.7 Å². The molecule has 14 heteroatoms. The largest absolute Gasteiger partial charge is 0.326 e. The number of sulfone groups is 1. The van der Waals surface area contributed by atoms with Crippen LogP contribution in [0.2, 0.25) is 0 Å². The van der Waals surface area contributed by atoms with Crippen molar-refractivity contribution in [3.8, 4) is 0 Å². The molecule has 0 radical (unpaired) electrons. The van der Waals surface area contributed by atoms with Gasteiger partial charge < -0.3 is 5.73 Å². The molecule has 0 saturated heterocycles. The third-order valence-electron chi connectivity index (χ3n) is 3.32. The minimum absolute atomic E-state index is 0. The fraction of sp³-hybridized carbons (Fsp3) is 0.429. The van der Waals surface area contributed by atoms with E-state index in [4.69, 9.17) is 16.4 Å². The van der Waals surface area contributed by atoms with Gasteiger partial charge in [-0.3, -0.25) is 20.2 Å². The van der Waals surface area contributed by atoms with E-state index in [0.717, 1.165) is 12.1 Å². The molecule has 2 aromatic rings. The molecule has 0 aromatic heterocycles. The number of rotatable bonds is 5. The normalized spacial score (nSPS) is 11.9. The summed E-state index contributed by atoms with van der Waals surface area (Å²) >= 11 is 0. The van der Waals surface area contributed by atoms with E-state index in [9.17, 15) is 37.1 Å². The molecule has 0 aliphatic heterocycles. The van der Waals surface area contributed by atoms with Crippen LogP contribution in [0.3, 0.4) is 0 Å². The summed E-state index contributed by atoms with van der Waals surface area (Å²) in [7, 11) is -2.38. The van der Waals surface area contributed by atoms with Crippen LogP contribution in [0.5, 0.6) is 0 Å². The van der Waals surface area contributed by atoms with Crippen LogP contribution in [0, 0.1) is 25.6 Å². The van der Waals surface area contributed by atoms with Crippen molar-refractivity contribution < 1.29 is 26.7 Å². The highest BCUT2D eigenvalue weighted by Gasteiger charge is 2.24. The Hall–Kier alpha value is -2.61. The van der Waals surface area contributed by atoms with E-state index in [-0.39, 0.29) is 37.9 Å². The highest BCUT2D eigenvalue weighted by atomic mass is 35.7. The number of hydrogen-bond acceptors (Lipinski definition) is 9. The topological polar surface area (TPSA) is 181 Å². The van der Waals surface area contributed by atoms with Crippen LogP contribution in [0.15, 0.2) is 58.3 Å². The summed E-state index contributed by atoms with van der Waals surface area (Å²) in [6.45, 7) is 11.3. The molecule has 2 rings (SSSR count). The van der Waals surface area contributed by atoms with Gasteiger partial charge >= 0.3 is 0 Å². The number of hydrogen-bond donors (Lipinski definition) is 1. The molecule has 0 fully saturated rings. The maximum absolute atomic E-state index is 12.0. The molecule has 0 spiro atoms. The first-order valence-electron chi connectivity index (χ1n) is 9.98. The van der Waals surface area contributed by atoms with Crippen LogP contribution in [-0.4, -0.2) is 38.0 Å². The van der Waals surface area contributed by atoms with E-state index in [2.05, 4.69) is 0 Å². The molecular weight excluding hydrogens is 522 g/mol. The number of nitrogens with two attached hydrogens (primary N) is 1. The van der Waals surface area contributed by atoms with E-state index in [1.165, 1.54) is 36.4 Å². The zero-order chi connectivity index (χ0) is 27.8. The highest BCUT2D eigenvalue weighted by molar-refractivity contribution is 8.13. The first-order valence-corrected chi connectivity index (χ1v) is 13.9. The van der Waals surface area contributed by atoms with Crippen molar-refractivity contribution in [2.75, 3.05) is 5.75 Å². The van der Waals surface area contributed by atoms with Gasteiger partial charge in [-0.15, -0.1) is 0 Å². The smallest absolute Gasteiger partial charge is 0.270 e. The fourth-order valence-corrected chi connectivity index (χ4v) is 4.88. The number of nitro benzene ring substituents is 2. The Morgan fingerprint density at radius 2 is 1.14 bits per heavy atom. The number of nitrogens with zero attached hydrogens (tertiary/aromatic N) is 2. The summed E-state index contributed by atoms with van der Waals surface area (Å²) in [5, 5.41) is 20.8. The van der Waals surface area contributed by atoms with Crippen LogP contribution in [0.25, 0.3) is 0 Å². The molecule has 0 bridgehead atoms. The third-order valence-corrected chi connectivity index (χ3v) is 6.89. The predicted octanol–water partition coefficient (Wildman–Crippen LogP) is 4.68. The lowest BCUT2D eigenvalue weighted by Crippen LogP contribution is -2.26. The van der Waals surface area contributed by atoms with Gasteiger partial charge in [0, 0.05) is 40.5 Å². The van der Waals surface area contributed by atoms with Crippen molar-refractivity contribution in [3.63, 3.8) is 0 Å². The van der Waals surface area contributed by atoms with Gasteiger partial charge in [0.25, 0.3) is 20.4 Å². The Labute approximate surface area is 209 Å². The maximum Gasteiger partial charge on any atom is 0.270 e. The maximum atomic E-state index is 12.0. The molecule has 0 aliphatic rings. The van der Waals surface area contributed by atoms with E-state index in [1.54, 1.807) is 0 Å². The van der Waals surface area contributed by atoms with Crippen molar-refractivity contribution in [2.24, 2.45) is 11.1 Å². The van der Waals surface area contributed by atoms with Crippen LogP contribution in [0.4, 0.5) is 11.4 Å². The van der Waals surface area contributed by atoms with E-state index < -0.39 is 28.7 Å². The van der Waals surface area contributed by atoms with Gasteiger partial charge in [-0.25, -0.2) is 16.8 Å². The second-order valence-electron chi connectivity index (χ2n) is 9.63. The van der Waals surface area contributed by atoms with E-state index >= 15 is 0 Å². The van der Waals surface area contributed by atoms with E-state index in [0.29, 0.717) is 0 Å². The van der Waals surface area contributed by atoms with Crippen molar-refractivity contribution in [1.29, 1.82) is 0 Å². The summed E-state index contributed by atoms with van der Waals surface area (Å²) < 4.78 is 45.5. The lowest BCUT2D eigenvalue weighted by Gasteiger charge is -2.17.